The number of anilines is 3. The number of carbonyl (C=O) groups is 1. The molecule has 0 unspecified atom stereocenters. The minimum absolute atomic E-state index is 0.377. The Morgan fingerprint density at radius 2 is 1.97 bits per heavy atom. The molecule has 0 saturated carbocycles. The van der Waals surface area contributed by atoms with Crippen LogP contribution in [0.2, 0.25) is 0 Å². The molecule has 7 heteroatoms. The summed E-state index contributed by atoms with van der Waals surface area (Å²) in [5.41, 5.74) is 3.17. The number of fused-ring (bicyclic) bond motifs is 1. The van der Waals surface area contributed by atoms with E-state index in [1.165, 1.54) is 0 Å². The third kappa shape index (κ3) is 5.82. The zero-order chi connectivity index (χ0) is 22.2. The first-order valence-electron chi connectivity index (χ1n) is 9.91. The van der Waals surface area contributed by atoms with Crippen LogP contribution < -0.4 is 10.6 Å². The Morgan fingerprint density at radius 1 is 1.16 bits per heavy atom. The van der Waals surface area contributed by atoms with E-state index in [4.69, 9.17) is 0 Å². The predicted molar refractivity (Wildman–Crippen MR) is 128 cm³/mol. The molecule has 31 heavy (non-hydrogen) atoms. The number of hydrogen-bond donors (Lipinski definition) is 2. The number of amides is 1. The van der Waals surface area contributed by atoms with Gasteiger partial charge in [-0.15, -0.1) is 0 Å². The number of carbonyl (C=O) groups excluding carboxylic acids is 1. The van der Waals surface area contributed by atoms with Gasteiger partial charge in [0.25, 0.3) is 5.91 Å². The summed E-state index contributed by atoms with van der Waals surface area (Å²) in [4.78, 5) is 18.7. The number of aromatic nitrogens is 1. The number of nitriles is 1. The van der Waals surface area contributed by atoms with E-state index in [0.29, 0.717) is 29.0 Å². The van der Waals surface area contributed by atoms with Gasteiger partial charge in [0.2, 0.25) is 0 Å². The van der Waals surface area contributed by atoms with Crippen LogP contribution in [0.4, 0.5) is 17.1 Å². The van der Waals surface area contributed by atoms with E-state index in [1.54, 1.807) is 18.3 Å². The molecule has 0 saturated heterocycles. The van der Waals surface area contributed by atoms with Gasteiger partial charge in [-0.25, -0.2) is 0 Å². The van der Waals surface area contributed by atoms with Gasteiger partial charge in [0, 0.05) is 27.4 Å². The maximum Gasteiger partial charge on any atom is 0.300 e. The second kappa shape index (κ2) is 10.6. The van der Waals surface area contributed by atoms with Gasteiger partial charge < -0.3 is 10.6 Å². The maximum atomic E-state index is 12.3. The van der Waals surface area contributed by atoms with Crippen molar-refractivity contribution >= 4 is 49.8 Å². The maximum absolute atomic E-state index is 12.3. The summed E-state index contributed by atoms with van der Waals surface area (Å²) in [5.74, 6) is 5.16. The highest BCUT2D eigenvalue weighted by atomic mass is 79.9. The number of halogens is 1. The van der Waals surface area contributed by atoms with E-state index in [-0.39, 0.29) is 5.91 Å². The van der Waals surface area contributed by atoms with E-state index >= 15 is 0 Å². The molecule has 0 radical (unpaired) electrons. The standard InChI is InChI=1S/C24H22BrN5O/c1-3-30(4-2)12-6-9-23(31)28-20-10-11-22-21(14-20)24(17(15-26)16-27-22)29-19-8-5-7-18(25)13-19/h5,7-8,10-11,13-14,16H,3-4,12H2,1-2H3,(H,27,29)(H,28,31). The number of rotatable bonds is 6. The van der Waals surface area contributed by atoms with Crippen molar-refractivity contribution in [2.24, 2.45) is 0 Å². The van der Waals surface area contributed by atoms with Gasteiger partial charge in [0.05, 0.1) is 23.3 Å². The molecule has 156 valence electrons. The lowest BCUT2D eigenvalue weighted by atomic mass is 10.1. The summed E-state index contributed by atoms with van der Waals surface area (Å²) in [6, 6.07) is 15.2. The lowest BCUT2D eigenvalue weighted by Crippen LogP contribution is -2.23. The van der Waals surface area contributed by atoms with E-state index < -0.39 is 0 Å². The summed E-state index contributed by atoms with van der Waals surface area (Å²) in [6.07, 6.45) is 1.54. The van der Waals surface area contributed by atoms with Crippen molar-refractivity contribution in [3.05, 3.63) is 58.7 Å². The summed E-state index contributed by atoms with van der Waals surface area (Å²) in [6.45, 7) is 6.44. The Morgan fingerprint density at radius 3 is 2.68 bits per heavy atom. The highest BCUT2D eigenvalue weighted by molar-refractivity contribution is 9.10. The fourth-order valence-electron chi connectivity index (χ4n) is 3.04. The molecule has 0 fully saturated rings. The largest absolute Gasteiger partial charge is 0.354 e. The van der Waals surface area contributed by atoms with Crippen LogP contribution in [0.15, 0.2) is 53.1 Å². The Labute approximate surface area is 190 Å². The molecule has 2 N–H and O–H groups in total. The quantitative estimate of drug-likeness (QED) is 0.495. The van der Waals surface area contributed by atoms with Gasteiger partial charge in [-0.05, 0) is 55.4 Å². The van der Waals surface area contributed by atoms with Gasteiger partial charge in [-0.2, -0.15) is 5.26 Å². The predicted octanol–water partition coefficient (Wildman–Crippen LogP) is 4.90. The fourth-order valence-corrected chi connectivity index (χ4v) is 3.44. The average molecular weight is 476 g/mol. The smallest absolute Gasteiger partial charge is 0.300 e. The molecular formula is C24H22BrN5O. The molecule has 1 aromatic heterocycles. The van der Waals surface area contributed by atoms with Crippen LogP contribution in [0.25, 0.3) is 10.9 Å². The summed E-state index contributed by atoms with van der Waals surface area (Å²) >= 11 is 3.46. The van der Waals surface area contributed by atoms with Crippen molar-refractivity contribution in [3.63, 3.8) is 0 Å². The molecule has 0 spiro atoms. The molecule has 1 heterocycles. The third-order valence-electron chi connectivity index (χ3n) is 4.74. The van der Waals surface area contributed by atoms with Crippen LogP contribution in [-0.2, 0) is 4.79 Å². The molecule has 3 aromatic rings. The van der Waals surface area contributed by atoms with Crippen LogP contribution in [0.1, 0.15) is 19.4 Å². The first kappa shape index (κ1) is 22.3. The van der Waals surface area contributed by atoms with Gasteiger partial charge in [0.15, 0.2) is 0 Å². The van der Waals surface area contributed by atoms with Gasteiger partial charge >= 0.3 is 0 Å². The van der Waals surface area contributed by atoms with Crippen LogP contribution in [0.3, 0.4) is 0 Å². The van der Waals surface area contributed by atoms with Crippen molar-refractivity contribution < 1.29 is 4.79 Å². The van der Waals surface area contributed by atoms with E-state index in [1.807, 2.05) is 30.3 Å². The van der Waals surface area contributed by atoms with Crippen LogP contribution in [0.5, 0.6) is 0 Å². The van der Waals surface area contributed by atoms with Crippen LogP contribution in [0, 0.1) is 23.2 Å². The Balaban J connectivity index is 1.89. The molecule has 0 atom stereocenters. The number of nitrogens with one attached hydrogen (secondary N) is 2. The second-order valence-corrected chi connectivity index (χ2v) is 7.66. The van der Waals surface area contributed by atoms with Crippen molar-refractivity contribution in [2.45, 2.75) is 13.8 Å². The summed E-state index contributed by atoms with van der Waals surface area (Å²) in [5, 5.41) is 16.4. The Bertz CT molecular complexity index is 1200. The molecule has 6 nitrogen and oxygen atoms in total. The zero-order valence-electron chi connectivity index (χ0n) is 17.4. The number of hydrogen-bond acceptors (Lipinski definition) is 5. The minimum Gasteiger partial charge on any atom is -0.354 e. The summed E-state index contributed by atoms with van der Waals surface area (Å²) in [7, 11) is 0. The SMILES string of the molecule is CCN(CC)CC#CC(=O)Nc1ccc2ncc(C#N)c(Nc3cccc(Br)c3)c2c1. The fraction of sp³-hybridized carbons (Fsp3) is 0.208. The van der Waals surface area contributed by atoms with E-state index in [9.17, 15) is 10.1 Å². The first-order chi connectivity index (χ1) is 15.0. The first-order valence-corrected chi connectivity index (χ1v) is 10.7. The monoisotopic (exact) mass is 475 g/mol. The van der Waals surface area contributed by atoms with Crippen LogP contribution in [-0.4, -0.2) is 35.4 Å². The van der Waals surface area contributed by atoms with Gasteiger partial charge in [0.1, 0.15) is 6.07 Å². The lowest BCUT2D eigenvalue weighted by molar-refractivity contribution is -0.111. The molecule has 0 aliphatic rings. The number of benzene rings is 2. The molecule has 0 aliphatic heterocycles. The molecular weight excluding hydrogens is 454 g/mol. The van der Waals surface area contributed by atoms with Crippen molar-refractivity contribution in [3.8, 4) is 17.9 Å². The highest BCUT2D eigenvalue weighted by Crippen LogP contribution is 2.31. The van der Waals surface area contributed by atoms with Gasteiger partial charge in [-0.1, -0.05) is 41.8 Å². The molecule has 3 rings (SSSR count). The minimum atomic E-state index is -0.377. The topological polar surface area (TPSA) is 81.1 Å². The van der Waals surface area contributed by atoms with Crippen molar-refractivity contribution in [1.29, 1.82) is 5.26 Å². The zero-order valence-corrected chi connectivity index (χ0v) is 19.0. The van der Waals surface area contributed by atoms with Crippen molar-refractivity contribution in [2.75, 3.05) is 30.3 Å². The summed E-state index contributed by atoms with van der Waals surface area (Å²) < 4.78 is 0.922. The molecule has 0 bridgehead atoms. The van der Waals surface area contributed by atoms with Gasteiger partial charge in [-0.3, -0.25) is 14.7 Å². The lowest BCUT2D eigenvalue weighted by Gasteiger charge is -2.13. The molecule has 0 aliphatic carbocycles. The number of nitrogens with zero attached hydrogens (tertiary/aromatic N) is 3. The Kier molecular flexibility index (Phi) is 7.61. The normalized spacial score (nSPS) is 10.3. The second-order valence-electron chi connectivity index (χ2n) is 6.74. The average Bonchev–Trinajstić information content (AvgIpc) is 2.77. The third-order valence-corrected chi connectivity index (χ3v) is 5.23. The Hall–Kier alpha value is -3.39. The van der Waals surface area contributed by atoms with Crippen molar-refractivity contribution in [1.82, 2.24) is 9.88 Å². The highest BCUT2D eigenvalue weighted by Gasteiger charge is 2.11. The number of pyridine rings is 1. The van der Waals surface area contributed by atoms with Crippen LogP contribution >= 0.6 is 15.9 Å². The van der Waals surface area contributed by atoms with E-state index in [0.717, 1.165) is 28.6 Å². The van der Waals surface area contributed by atoms with E-state index in [2.05, 4.69) is 68.2 Å². The molecule has 2 aromatic carbocycles. The molecule has 1 amide bonds.